The molecule has 0 aliphatic heterocycles. The standard InChI is InChI=1S/C23H27FN4O4S.C18H19FN4O2S.C4H4O4/c1-14-7-9-16(24)11-19(14)28-20(33(30,31)17-10-8-15(2)26-13-17)12-18(27-28)21(23(3,4)5)32-22(29)25-6;1-12-4-6-14(19)8-17(12)23-18(9-15(22-23)10-20-3)26(24,25)16-7-5-13(2)21-11-16;5-3(6)1-2-4(7)8/h7-13,21H,1-6H3,(H,25,29);4-9,11,20H,10H2,1-3H3;1-2H,(H,5,6)(H,7,8)/b;;2-1+. The molecule has 0 bridgehead atoms. The number of hydrogen-bond donors (Lipinski definition) is 4. The van der Waals surface area contributed by atoms with Crippen LogP contribution in [-0.2, 0) is 40.5 Å². The van der Waals surface area contributed by atoms with Crippen LogP contribution in [0.3, 0.4) is 0 Å². The summed E-state index contributed by atoms with van der Waals surface area (Å²) >= 11 is 0. The number of halogens is 2. The summed E-state index contributed by atoms with van der Waals surface area (Å²) in [5, 5.41) is 29.6. The summed E-state index contributed by atoms with van der Waals surface area (Å²) in [6.45, 7) is 12.9. The van der Waals surface area contributed by atoms with Crippen molar-refractivity contribution in [2.75, 3.05) is 14.1 Å². The minimum absolute atomic E-state index is 0.0258. The molecular formula is C45H50F2N8O10S2. The molecule has 67 heavy (non-hydrogen) atoms. The van der Waals surface area contributed by atoms with E-state index in [1.165, 1.54) is 83.4 Å². The van der Waals surface area contributed by atoms with E-state index >= 15 is 0 Å². The van der Waals surface area contributed by atoms with Crippen LogP contribution >= 0.6 is 0 Å². The Morgan fingerprint density at radius 3 is 1.54 bits per heavy atom. The van der Waals surface area contributed by atoms with Gasteiger partial charge in [-0.15, -0.1) is 0 Å². The number of pyridine rings is 2. The van der Waals surface area contributed by atoms with Gasteiger partial charge >= 0.3 is 18.0 Å². The fourth-order valence-electron chi connectivity index (χ4n) is 5.99. The van der Waals surface area contributed by atoms with E-state index in [0.717, 1.165) is 0 Å². The Hall–Kier alpha value is -7.17. The normalized spacial score (nSPS) is 12.0. The summed E-state index contributed by atoms with van der Waals surface area (Å²) < 4.78 is 89.3. The van der Waals surface area contributed by atoms with Crippen molar-refractivity contribution in [1.82, 2.24) is 40.2 Å². The lowest BCUT2D eigenvalue weighted by molar-refractivity contribution is -0.134. The fraction of sp³-hybridized carbons (Fsp3) is 0.267. The molecule has 22 heteroatoms. The second-order valence-corrected chi connectivity index (χ2v) is 19.6. The molecule has 0 radical (unpaired) electrons. The molecule has 2 aromatic carbocycles. The van der Waals surface area contributed by atoms with Crippen molar-refractivity contribution in [3.05, 3.63) is 143 Å². The molecule has 0 saturated heterocycles. The number of amides is 1. The third-order valence-corrected chi connectivity index (χ3v) is 12.8. The van der Waals surface area contributed by atoms with Crippen LogP contribution in [-0.4, -0.2) is 88.7 Å². The number of hydrogen-bond acceptors (Lipinski definition) is 13. The number of carboxylic acid groups (broad SMARTS) is 2. The van der Waals surface area contributed by atoms with E-state index in [1.54, 1.807) is 52.9 Å². The second kappa shape index (κ2) is 21.9. The van der Waals surface area contributed by atoms with Gasteiger partial charge in [0.25, 0.3) is 0 Å². The van der Waals surface area contributed by atoms with Gasteiger partial charge in [-0.25, -0.2) is 49.4 Å². The number of sulfone groups is 2. The summed E-state index contributed by atoms with van der Waals surface area (Å²) in [6.07, 6.45) is 2.14. The van der Waals surface area contributed by atoms with Crippen molar-refractivity contribution < 1.29 is 54.9 Å². The van der Waals surface area contributed by atoms with E-state index in [4.69, 9.17) is 14.9 Å². The number of aryl methyl sites for hydroxylation is 4. The zero-order valence-corrected chi connectivity index (χ0v) is 39.6. The van der Waals surface area contributed by atoms with Gasteiger partial charge in [-0.2, -0.15) is 10.2 Å². The average Bonchev–Trinajstić information content (AvgIpc) is 3.90. The summed E-state index contributed by atoms with van der Waals surface area (Å²) in [7, 11) is -4.80. The van der Waals surface area contributed by atoms with Gasteiger partial charge in [0, 0.05) is 67.1 Å². The number of nitrogens with one attached hydrogen (secondary N) is 2. The molecule has 0 spiro atoms. The Balaban J connectivity index is 0.000000256. The monoisotopic (exact) mass is 964 g/mol. The number of aromatic nitrogens is 6. The Bertz CT molecular complexity index is 2990. The maximum atomic E-state index is 14.1. The highest BCUT2D eigenvalue weighted by atomic mass is 32.2. The minimum Gasteiger partial charge on any atom is -0.478 e. The van der Waals surface area contributed by atoms with Crippen LogP contribution in [0.5, 0.6) is 0 Å². The quantitative estimate of drug-likeness (QED) is 0.0945. The van der Waals surface area contributed by atoms with Crippen molar-refractivity contribution in [1.29, 1.82) is 0 Å². The van der Waals surface area contributed by atoms with Crippen LogP contribution in [0.2, 0.25) is 0 Å². The zero-order valence-electron chi connectivity index (χ0n) is 37.9. The molecule has 6 aromatic rings. The molecule has 1 unspecified atom stereocenters. The number of rotatable bonds is 12. The van der Waals surface area contributed by atoms with E-state index in [2.05, 4.69) is 30.8 Å². The van der Waals surface area contributed by atoms with Crippen molar-refractivity contribution >= 4 is 37.7 Å². The average molecular weight is 965 g/mol. The van der Waals surface area contributed by atoms with Crippen molar-refractivity contribution in [2.24, 2.45) is 5.41 Å². The molecule has 4 heterocycles. The first-order chi connectivity index (χ1) is 31.3. The molecule has 0 aliphatic carbocycles. The van der Waals surface area contributed by atoms with E-state index in [1.807, 2.05) is 20.8 Å². The molecule has 0 aliphatic rings. The number of carboxylic acids is 2. The molecule has 4 aromatic heterocycles. The summed E-state index contributed by atoms with van der Waals surface area (Å²) in [4.78, 5) is 39.3. The van der Waals surface area contributed by atoms with Crippen LogP contribution in [0.1, 0.15) is 60.8 Å². The number of alkyl carbamates (subject to hydrolysis) is 1. The van der Waals surface area contributed by atoms with Gasteiger partial charge in [0.05, 0.1) is 26.9 Å². The van der Waals surface area contributed by atoms with E-state index < -0.39 is 60.9 Å². The maximum absolute atomic E-state index is 14.1. The predicted molar refractivity (Wildman–Crippen MR) is 240 cm³/mol. The van der Waals surface area contributed by atoms with Crippen molar-refractivity contribution in [3.63, 3.8) is 0 Å². The largest absolute Gasteiger partial charge is 0.478 e. The molecular weight excluding hydrogens is 915 g/mol. The smallest absolute Gasteiger partial charge is 0.407 e. The van der Waals surface area contributed by atoms with Crippen LogP contribution in [0.25, 0.3) is 11.4 Å². The van der Waals surface area contributed by atoms with Crippen LogP contribution in [0.4, 0.5) is 13.6 Å². The number of aliphatic carboxylic acids is 2. The maximum Gasteiger partial charge on any atom is 0.407 e. The molecule has 356 valence electrons. The van der Waals surface area contributed by atoms with Gasteiger partial charge in [-0.3, -0.25) is 9.97 Å². The van der Waals surface area contributed by atoms with Gasteiger partial charge in [0.15, 0.2) is 16.2 Å². The molecule has 18 nitrogen and oxygen atoms in total. The fourth-order valence-corrected chi connectivity index (χ4v) is 8.65. The summed E-state index contributed by atoms with van der Waals surface area (Å²) in [5.74, 6) is -3.52. The lowest BCUT2D eigenvalue weighted by Crippen LogP contribution is -2.29. The SMILES string of the molecule is CNC(=O)OC(c1cc(S(=O)(=O)c2ccc(C)nc2)n(-c2cc(F)ccc2C)n1)C(C)(C)C.CNCc1cc(S(=O)(=O)c2ccc(C)nc2)n(-c2cc(F)ccc2C)n1.O=C(O)/C=C/C(=O)O. The third-order valence-electron chi connectivity index (χ3n) is 9.37. The highest BCUT2D eigenvalue weighted by molar-refractivity contribution is 7.91. The van der Waals surface area contributed by atoms with Crippen molar-refractivity contribution in [2.45, 2.75) is 81.0 Å². The third kappa shape index (κ3) is 13.5. The number of carbonyl (C=O) groups is 3. The number of benzene rings is 2. The van der Waals surface area contributed by atoms with Gasteiger partial charge in [0.1, 0.15) is 17.3 Å². The lowest BCUT2D eigenvalue weighted by atomic mass is 9.87. The molecule has 1 amide bonds. The van der Waals surface area contributed by atoms with E-state index in [0.29, 0.717) is 52.6 Å². The van der Waals surface area contributed by atoms with Crippen LogP contribution < -0.4 is 10.6 Å². The zero-order chi connectivity index (χ0) is 50.0. The first kappa shape index (κ1) is 52.5. The molecule has 1 atom stereocenters. The van der Waals surface area contributed by atoms with Gasteiger partial charge in [0.2, 0.25) is 19.7 Å². The van der Waals surface area contributed by atoms with Gasteiger partial charge < -0.3 is 25.6 Å². The topological polar surface area (TPSA) is 255 Å². The van der Waals surface area contributed by atoms with Crippen molar-refractivity contribution in [3.8, 4) is 11.4 Å². The molecule has 0 fully saturated rings. The first-order valence-electron chi connectivity index (χ1n) is 20.0. The Kier molecular flexibility index (Phi) is 17.1. The Labute approximate surface area is 386 Å². The lowest BCUT2D eigenvalue weighted by Gasteiger charge is -2.28. The van der Waals surface area contributed by atoms with Gasteiger partial charge in [-0.1, -0.05) is 32.9 Å². The van der Waals surface area contributed by atoms with E-state index in [-0.39, 0.29) is 31.2 Å². The molecule has 6 rings (SSSR count). The Morgan fingerprint density at radius 2 is 1.15 bits per heavy atom. The second-order valence-electron chi connectivity index (χ2n) is 15.8. The molecule has 4 N–H and O–H groups in total. The summed E-state index contributed by atoms with van der Waals surface area (Å²) in [6, 6.07) is 17.3. The van der Waals surface area contributed by atoms with Crippen LogP contribution in [0.15, 0.2) is 117 Å². The minimum atomic E-state index is -4.10. The summed E-state index contributed by atoms with van der Waals surface area (Å²) in [5.41, 5.74) is 3.48. The molecule has 0 saturated carbocycles. The highest BCUT2D eigenvalue weighted by Crippen LogP contribution is 2.38. The number of ether oxygens (including phenoxy) is 1. The number of carbonyl (C=O) groups excluding carboxylic acids is 1. The van der Waals surface area contributed by atoms with Crippen LogP contribution in [0, 0.1) is 44.7 Å². The van der Waals surface area contributed by atoms with E-state index in [9.17, 15) is 40.0 Å². The number of nitrogens with zero attached hydrogens (tertiary/aromatic N) is 6. The highest BCUT2D eigenvalue weighted by Gasteiger charge is 2.36. The first-order valence-corrected chi connectivity index (χ1v) is 23.0. The Morgan fingerprint density at radius 1 is 0.701 bits per heavy atom. The predicted octanol–water partition coefficient (Wildman–Crippen LogP) is 6.59. The van der Waals surface area contributed by atoms with Gasteiger partial charge in [-0.05, 0) is 94.4 Å².